The number of thiazole rings is 1. The van der Waals surface area contributed by atoms with E-state index in [9.17, 15) is 0 Å². The van der Waals surface area contributed by atoms with Crippen LogP contribution in [0.1, 0.15) is 45.6 Å². The topological polar surface area (TPSA) is 24.9 Å². The molecule has 21 heavy (non-hydrogen) atoms. The average molecular weight is 335 g/mol. The Morgan fingerprint density at radius 2 is 1.81 bits per heavy atom. The second-order valence-electron chi connectivity index (χ2n) is 4.87. The Labute approximate surface area is 137 Å². The van der Waals surface area contributed by atoms with Crippen LogP contribution < -0.4 is 5.32 Å². The van der Waals surface area contributed by atoms with Gasteiger partial charge in [-0.3, -0.25) is 5.32 Å². The normalized spacial score (nSPS) is 12.9. The molecule has 3 heterocycles. The fraction of sp³-hybridized carbons (Fsp3) is 0.312. The van der Waals surface area contributed by atoms with Crippen molar-refractivity contribution >= 4 is 34.0 Å². The van der Waals surface area contributed by atoms with Crippen LogP contribution in [0, 0.1) is 0 Å². The number of nitrogens with zero attached hydrogens (tertiary/aromatic N) is 1. The summed E-state index contributed by atoms with van der Waals surface area (Å²) in [5.74, 6) is 0. The second kappa shape index (κ2) is 6.83. The quantitative estimate of drug-likeness (QED) is 0.664. The van der Waals surface area contributed by atoms with Crippen LogP contribution in [0.15, 0.2) is 41.2 Å². The maximum absolute atomic E-state index is 4.57. The molecule has 1 atom stereocenters. The van der Waals surface area contributed by atoms with Gasteiger partial charge in [-0.25, -0.2) is 4.98 Å². The minimum Gasteiger partial charge on any atom is -0.296 e. The second-order valence-corrected chi connectivity index (χ2v) is 7.98. The molecule has 0 saturated heterocycles. The Hall–Kier alpha value is -1.01. The van der Waals surface area contributed by atoms with Crippen molar-refractivity contribution in [2.45, 2.75) is 32.4 Å². The predicted molar refractivity (Wildman–Crippen MR) is 93.5 cm³/mol. The molecule has 3 aromatic heterocycles. The summed E-state index contributed by atoms with van der Waals surface area (Å²) in [6.07, 6.45) is 3.06. The van der Waals surface area contributed by atoms with Crippen molar-refractivity contribution < 1.29 is 0 Å². The number of hydrogen-bond donors (Lipinski definition) is 1. The molecule has 0 saturated carbocycles. The molecule has 0 aliphatic rings. The van der Waals surface area contributed by atoms with Crippen LogP contribution in [0.2, 0.25) is 0 Å². The lowest BCUT2D eigenvalue weighted by Crippen LogP contribution is -2.24. The maximum atomic E-state index is 4.57. The lowest BCUT2D eigenvalue weighted by molar-refractivity contribution is 0.524. The maximum Gasteiger partial charge on any atom is 0.109 e. The third-order valence-electron chi connectivity index (χ3n) is 3.36. The molecule has 0 aromatic carbocycles. The van der Waals surface area contributed by atoms with Gasteiger partial charge in [0.1, 0.15) is 5.01 Å². The molecule has 1 unspecified atom stereocenters. The van der Waals surface area contributed by atoms with Crippen molar-refractivity contribution in [2.24, 2.45) is 0 Å². The lowest BCUT2D eigenvalue weighted by atomic mass is 10.1. The summed E-state index contributed by atoms with van der Waals surface area (Å²) in [6.45, 7) is 4.38. The van der Waals surface area contributed by atoms with E-state index in [0.29, 0.717) is 0 Å². The highest BCUT2D eigenvalue weighted by Crippen LogP contribution is 2.32. The van der Waals surface area contributed by atoms with Crippen molar-refractivity contribution in [2.75, 3.05) is 0 Å². The van der Waals surface area contributed by atoms with Crippen LogP contribution in [-0.4, -0.2) is 4.98 Å². The van der Waals surface area contributed by atoms with E-state index in [0.717, 1.165) is 6.42 Å². The molecule has 3 rings (SSSR count). The largest absolute Gasteiger partial charge is 0.296 e. The van der Waals surface area contributed by atoms with Crippen molar-refractivity contribution in [3.8, 4) is 0 Å². The van der Waals surface area contributed by atoms with Crippen LogP contribution in [0.25, 0.3) is 0 Å². The van der Waals surface area contributed by atoms with E-state index in [1.54, 1.807) is 22.7 Å². The fourth-order valence-corrected chi connectivity index (χ4v) is 4.77. The fourth-order valence-electron chi connectivity index (χ4n) is 2.22. The third-order valence-corrected chi connectivity index (χ3v) is 6.56. The van der Waals surface area contributed by atoms with Gasteiger partial charge >= 0.3 is 0 Å². The van der Waals surface area contributed by atoms with Crippen molar-refractivity contribution in [1.82, 2.24) is 10.3 Å². The summed E-state index contributed by atoms with van der Waals surface area (Å²) in [6, 6.07) is 9.15. The summed E-state index contributed by atoms with van der Waals surface area (Å²) in [5, 5.41) is 9.19. The minimum absolute atomic E-state index is 0.254. The molecule has 0 amide bonds. The first-order chi connectivity index (χ1) is 10.3. The minimum atomic E-state index is 0.254. The van der Waals surface area contributed by atoms with E-state index in [1.807, 2.05) is 17.5 Å². The van der Waals surface area contributed by atoms with Gasteiger partial charge in [-0.1, -0.05) is 19.1 Å². The number of thiophene rings is 2. The highest BCUT2D eigenvalue weighted by Gasteiger charge is 2.20. The Kier molecular flexibility index (Phi) is 4.85. The molecule has 110 valence electrons. The van der Waals surface area contributed by atoms with Crippen LogP contribution in [-0.2, 0) is 6.42 Å². The van der Waals surface area contributed by atoms with E-state index in [-0.39, 0.29) is 12.1 Å². The van der Waals surface area contributed by atoms with Crippen LogP contribution in [0.5, 0.6) is 0 Å². The van der Waals surface area contributed by atoms with Crippen molar-refractivity contribution in [3.63, 3.8) is 0 Å². The van der Waals surface area contributed by atoms with E-state index < -0.39 is 0 Å². The monoisotopic (exact) mass is 334 g/mol. The summed E-state index contributed by atoms with van der Waals surface area (Å²) >= 11 is 5.42. The standard InChI is InChI=1S/C16H18N2S3/c1-3-12-10-17-16(21-12)11(2)18-15(13-6-4-8-19-13)14-7-5-9-20-14/h4-11,15,18H,3H2,1-2H3. The van der Waals surface area contributed by atoms with Crippen LogP contribution >= 0.6 is 34.0 Å². The Morgan fingerprint density at radius 1 is 1.14 bits per heavy atom. The van der Waals surface area contributed by atoms with E-state index in [2.05, 4.69) is 59.2 Å². The molecular weight excluding hydrogens is 316 g/mol. The van der Waals surface area contributed by atoms with Gasteiger partial charge in [0.2, 0.25) is 0 Å². The summed E-state index contributed by atoms with van der Waals surface area (Å²) < 4.78 is 0. The zero-order valence-corrected chi connectivity index (χ0v) is 14.5. The molecule has 5 heteroatoms. The van der Waals surface area contributed by atoms with Gasteiger partial charge in [-0.05, 0) is 36.2 Å². The molecule has 1 N–H and O–H groups in total. The predicted octanol–water partition coefficient (Wildman–Crippen LogP) is 5.27. The summed E-state index contributed by atoms with van der Waals surface area (Å²) in [7, 11) is 0. The molecular formula is C16H18N2S3. The third kappa shape index (κ3) is 3.43. The lowest BCUT2D eigenvalue weighted by Gasteiger charge is -2.20. The Morgan fingerprint density at radius 3 is 2.29 bits per heavy atom. The SMILES string of the molecule is CCc1cnc(C(C)NC(c2cccs2)c2cccs2)s1. The first-order valence-electron chi connectivity index (χ1n) is 7.05. The first-order valence-corrected chi connectivity index (χ1v) is 9.63. The number of aromatic nitrogens is 1. The molecule has 0 radical (unpaired) electrons. The molecule has 0 aliphatic heterocycles. The van der Waals surface area contributed by atoms with Gasteiger partial charge in [0.15, 0.2) is 0 Å². The zero-order valence-electron chi connectivity index (χ0n) is 12.1. The molecule has 0 fully saturated rings. The number of rotatable bonds is 6. The highest BCUT2D eigenvalue weighted by atomic mass is 32.1. The van der Waals surface area contributed by atoms with Crippen LogP contribution in [0.4, 0.5) is 0 Å². The van der Waals surface area contributed by atoms with Gasteiger partial charge < -0.3 is 0 Å². The first kappa shape index (κ1) is 14.9. The molecule has 0 spiro atoms. The van der Waals surface area contributed by atoms with E-state index in [1.165, 1.54) is 19.6 Å². The van der Waals surface area contributed by atoms with Gasteiger partial charge in [0, 0.05) is 20.8 Å². The molecule has 3 aromatic rings. The highest BCUT2D eigenvalue weighted by molar-refractivity contribution is 7.12. The Balaban J connectivity index is 1.81. The van der Waals surface area contributed by atoms with E-state index in [4.69, 9.17) is 0 Å². The van der Waals surface area contributed by atoms with Gasteiger partial charge in [-0.2, -0.15) is 0 Å². The van der Waals surface area contributed by atoms with Gasteiger partial charge in [-0.15, -0.1) is 34.0 Å². The Bertz CT molecular complexity index is 621. The smallest absolute Gasteiger partial charge is 0.109 e. The number of aryl methyl sites for hydroxylation is 1. The van der Waals surface area contributed by atoms with Crippen molar-refractivity contribution in [3.05, 3.63) is 60.9 Å². The van der Waals surface area contributed by atoms with Crippen LogP contribution in [0.3, 0.4) is 0 Å². The van der Waals surface area contributed by atoms with Gasteiger partial charge in [0.05, 0.1) is 12.1 Å². The molecule has 2 nitrogen and oxygen atoms in total. The van der Waals surface area contributed by atoms with Crippen molar-refractivity contribution in [1.29, 1.82) is 0 Å². The molecule has 0 aliphatic carbocycles. The summed E-state index contributed by atoms with van der Waals surface area (Å²) in [4.78, 5) is 8.63. The number of hydrogen-bond acceptors (Lipinski definition) is 5. The summed E-state index contributed by atoms with van der Waals surface area (Å²) in [5.41, 5.74) is 0. The van der Waals surface area contributed by atoms with E-state index >= 15 is 0 Å². The number of nitrogens with one attached hydrogen (secondary N) is 1. The zero-order chi connectivity index (χ0) is 14.7. The van der Waals surface area contributed by atoms with Gasteiger partial charge in [0.25, 0.3) is 0 Å². The average Bonchev–Trinajstić information content (AvgIpc) is 3.26. The molecule has 0 bridgehead atoms.